The zero-order chi connectivity index (χ0) is 17.1. The average Bonchev–Trinajstić information content (AvgIpc) is 3.24. The van der Waals surface area contributed by atoms with Crippen molar-refractivity contribution in [2.24, 2.45) is 7.05 Å². The maximum atomic E-state index is 12.5. The summed E-state index contributed by atoms with van der Waals surface area (Å²) in [7, 11) is 3.65. The molecule has 3 rings (SSSR count). The van der Waals surface area contributed by atoms with E-state index in [4.69, 9.17) is 0 Å². The largest absolute Gasteiger partial charge is 0.389 e. The Morgan fingerprint density at radius 2 is 2.08 bits per heavy atom. The fourth-order valence-electron chi connectivity index (χ4n) is 4.00. The standard InChI is InChI=1S/C18H28N4O2/c1-20-13-14(12-19-20)8-9-17(23)21(2)15-6-5-7-16(18(15)24)22-10-3-4-11-22/h8-9,12-13,15-16,18,24H,3-7,10-11H2,1-2H3/b9-8+/t15-,16-,18-/m1/s1. The monoisotopic (exact) mass is 332 g/mol. The third-order valence-electron chi connectivity index (χ3n) is 5.39. The summed E-state index contributed by atoms with van der Waals surface area (Å²) in [6.45, 7) is 2.15. The van der Waals surface area contributed by atoms with E-state index in [9.17, 15) is 9.90 Å². The van der Waals surface area contributed by atoms with Gasteiger partial charge in [-0.15, -0.1) is 0 Å². The molecule has 0 bridgehead atoms. The third-order valence-corrected chi connectivity index (χ3v) is 5.39. The smallest absolute Gasteiger partial charge is 0.246 e. The molecule has 0 radical (unpaired) electrons. The van der Waals surface area contributed by atoms with Crippen LogP contribution in [0.25, 0.3) is 6.08 Å². The van der Waals surface area contributed by atoms with Crippen molar-refractivity contribution in [3.63, 3.8) is 0 Å². The minimum Gasteiger partial charge on any atom is -0.389 e. The summed E-state index contributed by atoms with van der Waals surface area (Å²) in [5.41, 5.74) is 0.901. The molecule has 0 spiro atoms. The van der Waals surface area contributed by atoms with Crippen molar-refractivity contribution in [2.75, 3.05) is 20.1 Å². The molecule has 24 heavy (non-hydrogen) atoms. The number of aryl methyl sites for hydroxylation is 1. The van der Waals surface area contributed by atoms with Gasteiger partial charge in [0.1, 0.15) is 0 Å². The number of likely N-dealkylation sites (N-methyl/N-ethyl adjacent to an activating group) is 1. The first kappa shape index (κ1) is 17.2. The van der Waals surface area contributed by atoms with E-state index >= 15 is 0 Å². The predicted octanol–water partition coefficient (Wildman–Crippen LogP) is 1.27. The summed E-state index contributed by atoms with van der Waals surface area (Å²) < 4.78 is 1.71. The first-order chi connectivity index (χ1) is 11.6. The lowest BCUT2D eigenvalue weighted by atomic mass is 9.86. The SMILES string of the molecule is CN(C(=O)/C=C/c1cnn(C)c1)[C@@H]1CCC[C@@H](N2CCCC2)[C@@H]1O. The number of carbonyl (C=O) groups excluding carboxylic acids is 1. The maximum Gasteiger partial charge on any atom is 0.246 e. The molecule has 2 aliphatic rings. The Labute approximate surface area is 143 Å². The van der Waals surface area contributed by atoms with Gasteiger partial charge in [0.05, 0.1) is 18.3 Å². The van der Waals surface area contributed by atoms with Gasteiger partial charge in [-0.2, -0.15) is 5.10 Å². The van der Waals surface area contributed by atoms with Crippen LogP contribution >= 0.6 is 0 Å². The summed E-state index contributed by atoms with van der Waals surface area (Å²) in [5.74, 6) is -0.0648. The van der Waals surface area contributed by atoms with Crippen molar-refractivity contribution in [1.82, 2.24) is 19.6 Å². The van der Waals surface area contributed by atoms with Gasteiger partial charge in [-0.3, -0.25) is 14.4 Å². The number of likely N-dealkylation sites (tertiary alicyclic amines) is 1. The summed E-state index contributed by atoms with van der Waals surface area (Å²) in [4.78, 5) is 16.6. The lowest BCUT2D eigenvalue weighted by molar-refractivity contribution is -0.131. The Hall–Kier alpha value is -1.66. The summed E-state index contributed by atoms with van der Waals surface area (Å²) in [6, 6.07) is 0.0965. The number of aliphatic hydroxyl groups is 1. The molecule has 2 fully saturated rings. The van der Waals surface area contributed by atoms with Crippen molar-refractivity contribution in [3.05, 3.63) is 24.0 Å². The van der Waals surface area contributed by atoms with Crippen molar-refractivity contribution in [3.8, 4) is 0 Å². The Bertz CT molecular complexity index is 592. The number of carbonyl (C=O) groups is 1. The predicted molar refractivity (Wildman–Crippen MR) is 93.3 cm³/mol. The van der Waals surface area contributed by atoms with E-state index < -0.39 is 6.10 Å². The van der Waals surface area contributed by atoms with Crippen molar-refractivity contribution < 1.29 is 9.90 Å². The van der Waals surface area contributed by atoms with Gasteiger partial charge in [0.2, 0.25) is 5.91 Å². The molecule has 1 saturated carbocycles. The van der Waals surface area contributed by atoms with E-state index in [1.807, 2.05) is 13.2 Å². The summed E-state index contributed by atoms with van der Waals surface area (Å²) >= 11 is 0. The molecule has 1 saturated heterocycles. The molecule has 6 nitrogen and oxygen atoms in total. The molecule has 2 heterocycles. The number of rotatable bonds is 4. The number of hydrogen-bond acceptors (Lipinski definition) is 4. The lowest BCUT2D eigenvalue weighted by Gasteiger charge is -2.43. The van der Waals surface area contributed by atoms with Crippen LogP contribution in [0.3, 0.4) is 0 Å². The second-order valence-corrected chi connectivity index (χ2v) is 7.03. The third kappa shape index (κ3) is 3.70. The van der Waals surface area contributed by atoms with E-state index in [2.05, 4.69) is 10.00 Å². The molecule has 132 valence electrons. The van der Waals surface area contributed by atoms with Crippen LogP contribution in [0.2, 0.25) is 0 Å². The fourth-order valence-corrected chi connectivity index (χ4v) is 4.00. The quantitative estimate of drug-likeness (QED) is 0.844. The van der Waals surface area contributed by atoms with Gasteiger partial charge in [-0.05, 0) is 51.3 Å². The van der Waals surface area contributed by atoms with Gasteiger partial charge < -0.3 is 10.0 Å². The van der Waals surface area contributed by atoms with Crippen LogP contribution in [-0.2, 0) is 11.8 Å². The molecule has 0 unspecified atom stereocenters. The van der Waals surface area contributed by atoms with E-state index in [1.165, 1.54) is 12.8 Å². The number of nitrogens with zero attached hydrogens (tertiary/aromatic N) is 4. The summed E-state index contributed by atoms with van der Waals surface area (Å²) in [5, 5.41) is 14.9. The van der Waals surface area contributed by atoms with Crippen LogP contribution in [0.15, 0.2) is 18.5 Å². The highest BCUT2D eigenvalue weighted by Gasteiger charge is 2.38. The van der Waals surface area contributed by atoms with Gasteiger partial charge in [-0.1, -0.05) is 0 Å². The molecule has 1 amide bonds. The number of aromatic nitrogens is 2. The van der Waals surface area contributed by atoms with Gasteiger partial charge in [-0.25, -0.2) is 0 Å². The van der Waals surface area contributed by atoms with E-state index in [1.54, 1.807) is 35.0 Å². The van der Waals surface area contributed by atoms with Gasteiger partial charge in [0.15, 0.2) is 0 Å². The Morgan fingerprint density at radius 1 is 1.33 bits per heavy atom. The zero-order valence-electron chi connectivity index (χ0n) is 14.6. The van der Waals surface area contributed by atoms with Gasteiger partial charge >= 0.3 is 0 Å². The van der Waals surface area contributed by atoms with E-state index in [0.29, 0.717) is 0 Å². The Morgan fingerprint density at radius 3 is 2.75 bits per heavy atom. The molecule has 6 heteroatoms. The first-order valence-corrected chi connectivity index (χ1v) is 8.92. The number of hydrogen-bond donors (Lipinski definition) is 1. The topological polar surface area (TPSA) is 61.6 Å². The second-order valence-electron chi connectivity index (χ2n) is 7.03. The average molecular weight is 332 g/mol. The molecule has 0 aromatic carbocycles. The number of aliphatic hydroxyl groups excluding tert-OH is 1. The van der Waals surface area contributed by atoms with Crippen LogP contribution in [-0.4, -0.2) is 68.9 Å². The van der Waals surface area contributed by atoms with Crippen LogP contribution in [0.1, 0.15) is 37.7 Å². The molecule has 3 atom stereocenters. The Kier molecular flexibility index (Phi) is 5.36. The fraction of sp³-hybridized carbons (Fsp3) is 0.667. The highest BCUT2D eigenvalue weighted by Crippen LogP contribution is 2.29. The van der Waals surface area contributed by atoms with Crippen LogP contribution in [0.5, 0.6) is 0 Å². The van der Waals surface area contributed by atoms with Crippen LogP contribution in [0, 0.1) is 0 Å². The van der Waals surface area contributed by atoms with Gasteiger partial charge in [0, 0.05) is 38.0 Å². The van der Waals surface area contributed by atoms with Crippen molar-refractivity contribution in [1.29, 1.82) is 0 Å². The lowest BCUT2D eigenvalue weighted by Crippen LogP contribution is -2.56. The number of amides is 1. The van der Waals surface area contributed by atoms with E-state index in [-0.39, 0.29) is 18.0 Å². The minimum atomic E-state index is -0.461. The van der Waals surface area contributed by atoms with Crippen molar-refractivity contribution in [2.45, 2.75) is 50.3 Å². The molecule has 1 aliphatic carbocycles. The van der Waals surface area contributed by atoms with Crippen molar-refractivity contribution >= 4 is 12.0 Å². The maximum absolute atomic E-state index is 12.5. The van der Waals surface area contributed by atoms with Crippen LogP contribution < -0.4 is 0 Å². The first-order valence-electron chi connectivity index (χ1n) is 8.92. The Balaban J connectivity index is 1.63. The summed E-state index contributed by atoms with van der Waals surface area (Å²) in [6.07, 6.45) is 11.9. The molecule has 1 aromatic rings. The minimum absolute atomic E-state index is 0.0648. The van der Waals surface area contributed by atoms with Crippen LogP contribution in [0.4, 0.5) is 0 Å². The normalized spacial score (nSPS) is 28.5. The highest BCUT2D eigenvalue weighted by atomic mass is 16.3. The molecular weight excluding hydrogens is 304 g/mol. The molecule has 1 N–H and O–H groups in total. The molecule has 1 aromatic heterocycles. The molecule has 1 aliphatic heterocycles. The van der Waals surface area contributed by atoms with E-state index in [0.717, 1.165) is 37.9 Å². The highest BCUT2D eigenvalue weighted by molar-refractivity contribution is 5.91. The van der Waals surface area contributed by atoms with Gasteiger partial charge in [0.25, 0.3) is 0 Å². The molecular formula is C18H28N4O2. The zero-order valence-corrected chi connectivity index (χ0v) is 14.6. The second kappa shape index (κ2) is 7.49.